The highest BCUT2D eigenvalue weighted by molar-refractivity contribution is 7.14. The molecule has 2 aliphatic carbocycles. The van der Waals surface area contributed by atoms with Gasteiger partial charge in [0.25, 0.3) is 0 Å². The Morgan fingerprint density at radius 1 is 1.08 bits per heavy atom. The summed E-state index contributed by atoms with van der Waals surface area (Å²) in [6, 6.07) is 11.9. The van der Waals surface area contributed by atoms with Gasteiger partial charge in [0.05, 0.1) is 12.1 Å². The number of amides is 2. The Balaban J connectivity index is 1.26. The second-order valence-corrected chi connectivity index (χ2v) is 11.7. The van der Waals surface area contributed by atoms with Crippen molar-refractivity contribution in [2.75, 3.05) is 16.3 Å². The van der Waals surface area contributed by atoms with E-state index in [-0.39, 0.29) is 24.3 Å². The Kier molecular flexibility index (Phi) is 7.16. The summed E-state index contributed by atoms with van der Waals surface area (Å²) >= 11 is 1.43. The number of hydrogen-bond acceptors (Lipinski definition) is 6. The third-order valence-electron chi connectivity index (χ3n) is 8.07. The first-order chi connectivity index (χ1) is 19.0. The fourth-order valence-corrected chi connectivity index (χ4v) is 6.53. The molecule has 3 heterocycles. The minimum absolute atomic E-state index is 0.0921. The lowest BCUT2D eigenvalue weighted by molar-refractivity contribution is -0.141. The minimum Gasteiger partial charge on any atom is -0.481 e. The molecule has 3 aromatic rings. The van der Waals surface area contributed by atoms with E-state index in [4.69, 9.17) is 4.98 Å². The predicted octanol–water partition coefficient (Wildman–Crippen LogP) is 5.78. The highest BCUT2D eigenvalue weighted by Crippen LogP contribution is 2.41. The van der Waals surface area contributed by atoms with Gasteiger partial charge in [0.1, 0.15) is 5.82 Å². The average Bonchev–Trinajstić information content (AvgIpc) is 3.46. The number of carbonyl (C=O) groups excluding carboxylic acids is 2. The molecule has 1 atom stereocenters. The maximum absolute atomic E-state index is 13.7. The molecule has 3 fully saturated rings. The third kappa shape index (κ3) is 5.45. The fourth-order valence-electron chi connectivity index (χ4n) is 5.63. The van der Waals surface area contributed by atoms with Crippen LogP contribution in [0.15, 0.2) is 48.0 Å². The van der Waals surface area contributed by atoms with Crippen molar-refractivity contribution in [3.05, 3.63) is 48.0 Å². The summed E-state index contributed by atoms with van der Waals surface area (Å²) in [6.45, 7) is 0.702. The zero-order valence-corrected chi connectivity index (χ0v) is 22.6. The third-order valence-corrected chi connectivity index (χ3v) is 8.91. The van der Waals surface area contributed by atoms with Gasteiger partial charge in [0.15, 0.2) is 5.13 Å². The number of thiazole rings is 1. The van der Waals surface area contributed by atoms with E-state index >= 15 is 0 Å². The van der Waals surface area contributed by atoms with Gasteiger partial charge in [-0.15, -0.1) is 11.3 Å². The van der Waals surface area contributed by atoms with E-state index in [1.165, 1.54) is 11.3 Å². The number of carbonyl (C=O) groups is 3. The van der Waals surface area contributed by atoms with Crippen LogP contribution < -0.4 is 9.80 Å². The summed E-state index contributed by atoms with van der Waals surface area (Å²) in [7, 11) is 0. The summed E-state index contributed by atoms with van der Waals surface area (Å²) in [5.41, 5.74) is 3.61. The van der Waals surface area contributed by atoms with Crippen LogP contribution in [-0.2, 0) is 14.4 Å². The van der Waals surface area contributed by atoms with Crippen molar-refractivity contribution in [3.8, 4) is 22.4 Å². The van der Waals surface area contributed by atoms with Crippen LogP contribution in [0.5, 0.6) is 0 Å². The molecule has 0 radical (unpaired) electrons. The van der Waals surface area contributed by atoms with Crippen LogP contribution in [0.4, 0.5) is 10.9 Å². The van der Waals surface area contributed by atoms with Crippen LogP contribution in [0.25, 0.3) is 22.4 Å². The number of benzene rings is 1. The van der Waals surface area contributed by atoms with Crippen LogP contribution in [0.1, 0.15) is 57.8 Å². The van der Waals surface area contributed by atoms with Gasteiger partial charge in [0, 0.05) is 47.6 Å². The smallest absolute Gasteiger partial charge is 0.304 e. The molecule has 1 N–H and O–H groups in total. The highest BCUT2D eigenvalue weighted by Gasteiger charge is 2.40. The lowest BCUT2D eigenvalue weighted by Gasteiger charge is -2.31. The summed E-state index contributed by atoms with van der Waals surface area (Å²) in [5, 5.41) is 12.1. The van der Waals surface area contributed by atoms with E-state index in [0.29, 0.717) is 36.3 Å². The molecule has 202 valence electrons. The monoisotopic (exact) mass is 544 g/mol. The Hall–Kier alpha value is -3.59. The van der Waals surface area contributed by atoms with Gasteiger partial charge in [-0.1, -0.05) is 43.5 Å². The average molecular weight is 545 g/mol. The molecule has 0 spiro atoms. The number of rotatable bonds is 10. The van der Waals surface area contributed by atoms with Crippen molar-refractivity contribution in [3.63, 3.8) is 0 Å². The second kappa shape index (κ2) is 10.9. The van der Waals surface area contributed by atoms with Crippen LogP contribution in [-0.4, -0.2) is 45.4 Å². The second-order valence-electron chi connectivity index (χ2n) is 10.9. The Bertz CT molecular complexity index is 1380. The number of carboxylic acid groups (broad SMARTS) is 1. The molecule has 9 heteroatoms. The Morgan fingerprint density at radius 2 is 1.87 bits per heavy atom. The molecule has 0 bridgehead atoms. The lowest BCUT2D eigenvalue weighted by Crippen LogP contribution is -2.40. The fraction of sp³-hybridized carbons (Fsp3) is 0.433. The molecule has 6 rings (SSSR count). The molecule has 1 saturated heterocycles. The first-order valence-corrected chi connectivity index (χ1v) is 14.7. The van der Waals surface area contributed by atoms with Gasteiger partial charge in [-0.05, 0) is 49.3 Å². The number of hydrogen-bond donors (Lipinski definition) is 1. The lowest BCUT2D eigenvalue weighted by atomic mass is 9.78. The number of carboxylic acids is 1. The number of anilines is 2. The highest BCUT2D eigenvalue weighted by atomic mass is 32.1. The molecule has 2 saturated carbocycles. The quantitative estimate of drug-likeness (QED) is 0.347. The standard InChI is InChI=1S/C30H32N4O4S/c35-27-9-4-14-33(27)26-13-10-20(17-31-26)23-7-1-2-8-24(23)25-18-39-30(32-25)34(22-11-12-22)29(38)21(16-28(36)37)15-19-5-3-6-19/h1-2,7-8,10,13,17-19,21-22H,3-6,9,11-12,14-16H2,(H,36,37). The van der Waals surface area contributed by atoms with Crippen LogP contribution in [0, 0.1) is 11.8 Å². The van der Waals surface area contributed by atoms with E-state index in [2.05, 4.69) is 4.98 Å². The zero-order chi connectivity index (χ0) is 26.9. The number of nitrogens with zero attached hydrogens (tertiary/aromatic N) is 4. The Morgan fingerprint density at radius 3 is 2.49 bits per heavy atom. The van der Waals surface area contributed by atoms with Crippen LogP contribution in [0.2, 0.25) is 0 Å². The van der Waals surface area contributed by atoms with Gasteiger partial charge < -0.3 is 5.11 Å². The Labute approximate surface area is 231 Å². The van der Waals surface area contributed by atoms with Gasteiger partial charge in [0.2, 0.25) is 11.8 Å². The van der Waals surface area contributed by atoms with Crippen molar-refractivity contribution in [1.29, 1.82) is 0 Å². The normalized spacial score (nSPS) is 18.2. The molecule has 2 aromatic heterocycles. The molecule has 8 nitrogen and oxygen atoms in total. The first kappa shape index (κ1) is 25.7. The van der Waals surface area contributed by atoms with E-state index < -0.39 is 11.9 Å². The number of aromatic nitrogens is 2. The van der Waals surface area contributed by atoms with E-state index in [9.17, 15) is 19.5 Å². The zero-order valence-electron chi connectivity index (χ0n) is 21.8. The SMILES string of the molecule is O=C(O)CC(CC1CCC1)C(=O)N(c1nc(-c2ccccc2-c2ccc(N3CCCC3=O)nc2)cs1)C1CC1. The van der Waals surface area contributed by atoms with Crippen molar-refractivity contribution in [1.82, 2.24) is 9.97 Å². The summed E-state index contributed by atoms with van der Waals surface area (Å²) in [4.78, 5) is 50.5. The molecule has 3 aliphatic rings. The van der Waals surface area contributed by atoms with E-state index in [1.54, 1.807) is 16.0 Å². The van der Waals surface area contributed by atoms with Gasteiger partial charge in [-0.25, -0.2) is 9.97 Å². The molecule has 1 aliphatic heterocycles. The summed E-state index contributed by atoms with van der Waals surface area (Å²) in [5.74, 6) is -0.310. The predicted molar refractivity (Wildman–Crippen MR) is 151 cm³/mol. The molecular formula is C30H32N4O4S. The number of aliphatic carboxylic acids is 1. The van der Waals surface area contributed by atoms with Gasteiger partial charge >= 0.3 is 5.97 Å². The van der Waals surface area contributed by atoms with Crippen molar-refractivity contribution >= 4 is 40.1 Å². The topological polar surface area (TPSA) is 104 Å². The van der Waals surface area contributed by atoms with E-state index in [1.807, 2.05) is 41.8 Å². The van der Waals surface area contributed by atoms with Crippen LogP contribution >= 0.6 is 11.3 Å². The molecular weight excluding hydrogens is 512 g/mol. The molecule has 2 amide bonds. The van der Waals surface area contributed by atoms with Gasteiger partial charge in [-0.2, -0.15) is 0 Å². The summed E-state index contributed by atoms with van der Waals surface area (Å²) < 4.78 is 0. The van der Waals surface area contributed by atoms with Crippen molar-refractivity contribution < 1.29 is 19.5 Å². The minimum atomic E-state index is -0.925. The van der Waals surface area contributed by atoms with Crippen molar-refractivity contribution in [2.45, 2.75) is 63.8 Å². The maximum Gasteiger partial charge on any atom is 0.304 e. The van der Waals surface area contributed by atoms with Gasteiger partial charge in [-0.3, -0.25) is 24.2 Å². The molecule has 39 heavy (non-hydrogen) atoms. The molecule has 1 aromatic carbocycles. The largest absolute Gasteiger partial charge is 0.481 e. The van der Waals surface area contributed by atoms with Crippen molar-refractivity contribution in [2.24, 2.45) is 11.8 Å². The van der Waals surface area contributed by atoms with E-state index in [0.717, 1.165) is 60.9 Å². The van der Waals surface area contributed by atoms with Crippen LogP contribution in [0.3, 0.4) is 0 Å². The first-order valence-electron chi connectivity index (χ1n) is 13.8. The maximum atomic E-state index is 13.7. The summed E-state index contributed by atoms with van der Waals surface area (Å²) in [6.07, 6.45) is 8.87. The number of pyridine rings is 1. The molecule has 1 unspecified atom stereocenters.